The molecule has 6 aromatic carbocycles. The van der Waals surface area contributed by atoms with Crippen molar-refractivity contribution >= 4 is 71.2 Å². The molecule has 0 radical (unpaired) electrons. The van der Waals surface area contributed by atoms with E-state index in [1.807, 2.05) is 97.1 Å². The molecule has 0 aromatic heterocycles. The van der Waals surface area contributed by atoms with Gasteiger partial charge in [-0.2, -0.15) is 0 Å². The van der Waals surface area contributed by atoms with E-state index in [0.717, 1.165) is 42.7 Å². The van der Waals surface area contributed by atoms with E-state index in [9.17, 15) is 35.0 Å². The van der Waals surface area contributed by atoms with Crippen molar-refractivity contribution in [1.29, 1.82) is 0 Å². The lowest BCUT2D eigenvalue weighted by atomic mass is 9.68. The van der Waals surface area contributed by atoms with Gasteiger partial charge in [-0.3, -0.25) is 14.5 Å². The summed E-state index contributed by atoms with van der Waals surface area (Å²) in [7, 11) is -4.95. The number of phenolic OH excluding ortho intramolecular Hbond substituents is 1. The summed E-state index contributed by atoms with van der Waals surface area (Å²) in [6.07, 6.45) is 1.71. The number of anilines is 1. The van der Waals surface area contributed by atoms with Crippen LogP contribution in [0.25, 0.3) is 22.4 Å². The summed E-state index contributed by atoms with van der Waals surface area (Å²) in [6.45, 7) is 6.09. The lowest BCUT2D eigenvalue weighted by molar-refractivity contribution is -0.123. The fourth-order valence-corrected chi connectivity index (χ4v) is 14.7. The molecule has 1 aliphatic heterocycles. The molecule has 326 valence electrons. The molecule has 6 aromatic rings. The van der Waals surface area contributed by atoms with Crippen LogP contribution in [0.3, 0.4) is 0 Å². The highest BCUT2D eigenvalue weighted by Gasteiger charge is 2.56. The number of benzene rings is 6. The number of carbonyl (C=O) groups is 2. The average molecular weight is 872 g/mol. The van der Waals surface area contributed by atoms with Crippen molar-refractivity contribution in [2.45, 2.75) is 51.2 Å². The zero-order chi connectivity index (χ0) is 45.2. The number of aromatic hydroxyl groups is 1. The molecular formula is C53H54BNO8Si. The first-order valence-corrected chi connectivity index (χ1v) is 23.8. The maximum Gasteiger partial charge on any atom is 0.488 e. The third-order valence-corrected chi connectivity index (χ3v) is 18.1. The first kappa shape index (κ1) is 44.7. The maximum absolute atomic E-state index is 14.6. The Bertz CT molecular complexity index is 2660. The van der Waals surface area contributed by atoms with Crippen LogP contribution in [0.5, 0.6) is 5.75 Å². The SMILES string of the molecule is CC(C)(C)[Si](OCC1=C([C@H](O)CC/C(=C/c2ccc(O)c3ccccc23)c2ccccc2)[C@H](CO)[C@@H]2C(=O)N(c3cccc(B(O)O)c3)C(=O)[C@@H]2C1)(c1ccccc1)c1ccccc1. The van der Waals surface area contributed by atoms with Crippen molar-refractivity contribution in [2.24, 2.45) is 17.8 Å². The second-order valence-corrected chi connectivity index (χ2v) is 22.2. The van der Waals surface area contributed by atoms with Gasteiger partial charge in [0.05, 0.1) is 36.8 Å². The van der Waals surface area contributed by atoms with Crippen LogP contribution in [-0.2, 0) is 14.0 Å². The molecule has 8 rings (SSSR count). The minimum absolute atomic E-state index is 0.0495. The van der Waals surface area contributed by atoms with Crippen molar-refractivity contribution in [2.75, 3.05) is 18.1 Å². The van der Waals surface area contributed by atoms with Gasteiger partial charge >= 0.3 is 7.12 Å². The summed E-state index contributed by atoms with van der Waals surface area (Å²) in [5.74, 6) is -3.53. The summed E-state index contributed by atoms with van der Waals surface area (Å²) in [5.41, 5.74) is 4.33. The fraction of sp³-hybridized carbons (Fsp3) is 0.245. The van der Waals surface area contributed by atoms with Gasteiger partial charge in [0.25, 0.3) is 8.32 Å². The van der Waals surface area contributed by atoms with E-state index in [-0.39, 0.29) is 41.4 Å². The third kappa shape index (κ3) is 8.43. The standard InChI is InChI=1S/C53H54BNO8Si/c1-53(2,3)64(41-20-9-5-10-21-41,42-22-11-6-12-23-42)63-34-38-31-45-50(52(60)55(51(45)59)40-19-15-18-39(32-40)54(61)62)46(33-56)49(38)48(58)29-26-36(35-16-7-4-8-17-35)30-37-27-28-47(57)44-25-14-13-24-43(37)44/h4-25,27-28,30,32,45-46,48,50,56-58,61-62H,26,29,31,33-34H2,1-3H3/b36-30-/t45-,46+,48-,50-/m1/s1. The number of fused-ring (bicyclic) bond motifs is 2. The van der Waals surface area contributed by atoms with Crippen LogP contribution in [-0.4, -0.2) is 71.9 Å². The molecule has 1 fully saturated rings. The van der Waals surface area contributed by atoms with Crippen LogP contribution in [0.15, 0.2) is 163 Å². The van der Waals surface area contributed by atoms with Crippen LogP contribution in [0.2, 0.25) is 5.04 Å². The molecule has 4 atom stereocenters. The number of amides is 2. The number of allylic oxidation sites excluding steroid dienone is 1. The molecular weight excluding hydrogens is 817 g/mol. The minimum atomic E-state index is -3.14. The molecule has 0 bridgehead atoms. The maximum atomic E-state index is 14.6. The molecule has 1 heterocycles. The van der Waals surface area contributed by atoms with Gasteiger partial charge in [-0.05, 0) is 91.6 Å². The van der Waals surface area contributed by atoms with Crippen LogP contribution >= 0.6 is 0 Å². The fourth-order valence-electron chi connectivity index (χ4n) is 10.1. The highest BCUT2D eigenvalue weighted by atomic mass is 28.4. The number of hydrogen-bond acceptors (Lipinski definition) is 8. The Labute approximate surface area is 375 Å². The second kappa shape index (κ2) is 18.7. The Hall–Kier alpha value is -5.92. The Kier molecular flexibility index (Phi) is 13.0. The van der Waals surface area contributed by atoms with Crippen molar-refractivity contribution < 1.29 is 39.4 Å². The normalized spacial score (nSPS) is 18.7. The number of phenols is 1. The van der Waals surface area contributed by atoms with Crippen molar-refractivity contribution in [1.82, 2.24) is 0 Å². The Balaban J connectivity index is 1.22. The summed E-state index contributed by atoms with van der Waals surface area (Å²) in [5, 5.41) is 58.0. The van der Waals surface area contributed by atoms with Crippen molar-refractivity contribution in [3.05, 3.63) is 174 Å². The van der Waals surface area contributed by atoms with Crippen molar-refractivity contribution in [3.63, 3.8) is 0 Å². The summed E-state index contributed by atoms with van der Waals surface area (Å²) in [6, 6.07) is 47.6. The van der Waals surface area contributed by atoms with Crippen LogP contribution in [0.1, 0.15) is 51.2 Å². The highest BCUT2D eigenvalue weighted by molar-refractivity contribution is 6.99. The number of aliphatic hydroxyl groups excluding tert-OH is 2. The number of carbonyl (C=O) groups excluding carboxylic acids is 2. The molecule has 64 heavy (non-hydrogen) atoms. The number of aliphatic hydroxyl groups is 2. The molecule has 2 aliphatic rings. The summed E-state index contributed by atoms with van der Waals surface area (Å²) >= 11 is 0. The lowest BCUT2D eigenvalue weighted by Gasteiger charge is -2.44. The van der Waals surface area contributed by atoms with E-state index < -0.39 is 57.7 Å². The van der Waals surface area contributed by atoms with Crippen LogP contribution < -0.4 is 20.7 Å². The molecule has 1 aliphatic carbocycles. The molecule has 11 heteroatoms. The van der Waals surface area contributed by atoms with Gasteiger partial charge in [0.2, 0.25) is 11.8 Å². The first-order valence-electron chi connectivity index (χ1n) is 21.9. The second-order valence-electron chi connectivity index (χ2n) is 17.9. The van der Waals surface area contributed by atoms with Crippen LogP contribution in [0.4, 0.5) is 5.69 Å². The number of nitrogens with zero attached hydrogens (tertiary/aromatic N) is 1. The van der Waals surface area contributed by atoms with Gasteiger partial charge in [-0.15, -0.1) is 0 Å². The van der Waals surface area contributed by atoms with Crippen LogP contribution in [0, 0.1) is 17.8 Å². The Morgan fingerprint density at radius 2 is 1.41 bits per heavy atom. The molecule has 0 unspecified atom stereocenters. The summed E-state index contributed by atoms with van der Waals surface area (Å²) in [4.78, 5) is 30.2. The highest BCUT2D eigenvalue weighted by Crippen LogP contribution is 2.48. The van der Waals surface area contributed by atoms with E-state index in [2.05, 4.69) is 51.1 Å². The van der Waals surface area contributed by atoms with Gasteiger partial charge in [-0.1, -0.05) is 160 Å². The number of hydrogen-bond donors (Lipinski definition) is 5. The summed E-state index contributed by atoms with van der Waals surface area (Å²) < 4.78 is 7.46. The molecule has 0 spiro atoms. The van der Waals surface area contributed by atoms with Gasteiger partial charge in [0.1, 0.15) is 5.75 Å². The smallest absolute Gasteiger partial charge is 0.488 e. The topological polar surface area (TPSA) is 148 Å². The predicted molar refractivity (Wildman–Crippen MR) is 257 cm³/mol. The van der Waals surface area contributed by atoms with Gasteiger partial charge in [-0.25, -0.2) is 0 Å². The lowest BCUT2D eigenvalue weighted by Crippen LogP contribution is -2.66. The largest absolute Gasteiger partial charge is 0.507 e. The van der Waals surface area contributed by atoms with E-state index in [4.69, 9.17) is 4.43 Å². The minimum Gasteiger partial charge on any atom is -0.507 e. The molecule has 2 amide bonds. The van der Waals surface area contributed by atoms with E-state index in [0.29, 0.717) is 17.6 Å². The zero-order valence-corrected chi connectivity index (χ0v) is 37.3. The number of imide groups is 1. The van der Waals surface area contributed by atoms with Gasteiger partial charge in [0.15, 0.2) is 0 Å². The van der Waals surface area contributed by atoms with Crippen molar-refractivity contribution in [3.8, 4) is 5.75 Å². The number of rotatable bonds is 14. The third-order valence-electron chi connectivity index (χ3n) is 13.1. The Morgan fingerprint density at radius 3 is 2.02 bits per heavy atom. The molecule has 5 N–H and O–H groups in total. The quantitative estimate of drug-likeness (QED) is 0.0357. The Morgan fingerprint density at radius 1 is 0.797 bits per heavy atom. The van der Waals surface area contributed by atoms with Gasteiger partial charge in [0, 0.05) is 11.3 Å². The predicted octanol–water partition coefficient (Wildman–Crippen LogP) is 6.60. The zero-order valence-electron chi connectivity index (χ0n) is 36.3. The van der Waals surface area contributed by atoms with E-state index in [1.165, 1.54) is 12.1 Å². The molecule has 9 nitrogen and oxygen atoms in total. The van der Waals surface area contributed by atoms with Gasteiger partial charge < -0.3 is 29.8 Å². The van der Waals surface area contributed by atoms with E-state index in [1.54, 1.807) is 18.2 Å². The monoisotopic (exact) mass is 871 g/mol. The molecule has 0 saturated carbocycles. The first-order chi connectivity index (χ1) is 30.8. The average Bonchev–Trinajstić information content (AvgIpc) is 3.56. The van der Waals surface area contributed by atoms with E-state index >= 15 is 0 Å². The molecule has 1 saturated heterocycles.